The Morgan fingerprint density at radius 1 is 1.59 bits per heavy atom. The molecule has 0 fully saturated rings. The zero-order valence-corrected chi connectivity index (χ0v) is 20.2. The SMILES string of the molecule is CN[N+]([O-])(CO[C@@H](C)Cn1cnc2c1NCN=C2N)OC[C-]=CC=[C-][N+](=O)[O-].[U+2]. The van der Waals surface area contributed by atoms with Gasteiger partial charge in [-0.25, -0.2) is 9.98 Å². The number of ether oxygens (including phenoxy) is 1. The number of hydrogen-bond donors (Lipinski definition) is 3. The molecule has 1 unspecified atom stereocenters. The minimum absolute atomic E-state index is 0. The molecule has 0 saturated carbocycles. The molecule has 0 saturated heterocycles. The first kappa shape index (κ1) is 25.2. The molecule has 0 radical (unpaired) electrons. The molecule has 156 valence electrons. The van der Waals surface area contributed by atoms with E-state index < -0.39 is 9.84 Å². The summed E-state index contributed by atoms with van der Waals surface area (Å²) in [6.45, 7) is 2.07. The maximum Gasteiger partial charge on any atom is 2.00 e. The average molecular weight is 632 g/mol. The summed E-state index contributed by atoms with van der Waals surface area (Å²) in [5.74, 6) is 1.12. The molecular formula is C15H22N8O5U. The molecule has 0 aromatic carbocycles. The maximum absolute atomic E-state index is 12.4. The number of quaternary nitrogens is 1. The van der Waals surface area contributed by atoms with Crippen molar-refractivity contribution in [3.63, 3.8) is 0 Å². The van der Waals surface area contributed by atoms with Gasteiger partial charge in [-0.3, -0.25) is 10.1 Å². The third-order valence-electron chi connectivity index (χ3n) is 3.64. The number of hydroxylamine groups is 2. The Kier molecular flexibility index (Phi) is 10.5. The number of fused-ring (bicyclic) bond motifs is 1. The number of aliphatic imine (C=N–C) groups is 1. The fourth-order valence-corrected chi connectivity index (χ4v) is 2.24. The largest absolute Gasteiger partial charge is 2.00 e. The topological polar surface area (TPSA) is 165 Å². The zero-order valence-electron chi connectivity index (χ0n) is 16.0. The van der Waals surface area contributed by atoms with Gasteiger partial charge in [0.05, 0.1) is 19.0 Å². The summed E-state index contributed by atoms with van der Waals surface area (Å²) in [4.78, 5) is 21.4. The first-order chi connectivity index (χ1) is 13.3. The summed E-state index contributed by atoms with van der Waals surface area (Å²) in [6, 6.07) is 0. The number of imidazole rings is 1. The normalized spacial score (nSPS) is 16.6. The first-order valence-electron chi connectivity index (χ1n) is 8.27. The van der Waals surface area contributed by atoms with Crippen molar-refractivity contribution in [1.29, 1.82) is 0 Å². The minimum atomic E-state index is -1.28. The van der Waals surface area contributed by atoms with E-state index in [0.29, 0.717) is 24.7 Å². The molecule has 2 rings (SSSR count). The smallest absolute Gasteiger partial charge is 0.576 e. The van der Waals surface area contributed by atoms with Gasteiger partial charge in [-0.15, -0.1) is 10.3 Å². The van der Waals surface area contributed by atoms with E-state index in [9.17, 15) is 15.3 Å². The second-order valence-electron chi connectivity index (χ2n) is 5.67. The van der Waals surface area contributed by atoms with Crippen molar-refractivity contribution in [3.05, 3.63) is 51.8 Å². The Labute approximate surface area is 191 Å². The number of nitrogens with zero attached hydrogens (tertiary/aromatic N) is 5. The predicted octanol–water partition coefficient (Wildman–Crippen LogP) is -0.332. The van der Waals surface area contributed by atoms with E-state index in [1.807, 2.05) is 10.8 Å². The molecule has 0 spiro atoms. The van der Waals surface area contributed by atoms with Gasteiger partial charge in [-0.05, 0) is 6.92 Å². The van der Waals surface area contributed by atoms with Crippen molar-refractivity contribution in [3.8, 4) is 0 Å². The van der Waals surface area contributed by atoms with Crippen molar-refractivity contribution in [2.75, 3.05) is 32.4 Å². The van der Waals surface area contributed by atoms with Crippen LogP contribution in [0.3, 0.4) is 0 Å². The van der Waals surface area contributed by atoms with Gasteiger partial charge in [0.15, 0.2) is 0 Å². The number of rotatable bonds is 11. The van der Waals surface area contributed by atoms with Crippen LogP contribution in [0.1, 0.15) is 12.6 Å². The van der Waals surface area contributed by atoms with Gasteiger partial charge >= 0.3 is 31.1 Å². The van der Waals surface area contributed by atoms with Crippen molar-refractivity contribution in [2.45, 2.75) is 19.6 Å². The van der Waals surface area contributed by atoms with Crippen molar-refractivity contribution < 1.29 is 50.5 Å². The molecular weight excluding hydrogens is 610 g/mol. The Hall–Kier alpha value is -1.79. The van der Waals surface area contributed by atoms with Gasteiger partial charge in [-0.2, -0.15) is 4.84 Å². The molecule has 0 aliphatic carbocycles. The summed E-state index contributed by atoms with van der Waals surface area (Å²) in [5, 5.41) is 25.6. The van der Waals surface area contributed by atoms with Crippen LogP contribution in [0.5, 0.6) is 0 Å². The van der Waals surface area contributed by atoms with Crippen LogP contribution in [0.4, 0.5) is 5.82 Å². The molecule has 29 heavy (non-hydrogen) atoms. The predicted molar refractivity (Wildman–Crippen MR) is 98.1 cm³/mol. The van der Waals surface area contributed by atoms with Crippen molar-refractivity contribution >= 4 is 11.7 Å². The van der Waals surface area contributed by atoms with Crippen LogP contribution in [0.15, 0.2) is 23.5 Å². The van der Waals surface area contributed by atoms with Gasteiger partial charge in [0.25, 0.3) is 0 Å². The van der Waals surface area contributed by atoms with Crippen LogP contribution in [-0.4, -0.2) is 58.4 Å². The molecule has 1 aliphatic heterocycles. The molecule has 2 atom stereocenters. The van der Waals surface area contributed by atoms with Crippen molar-refractivity contribution in [2.24, 2.45) is 10.7 Å². The van der Waals surface area contributed by atoms with Gasteiger partial charge < -0.3 is 43.8 Å². The Balaban J connectivity index is 0.00000420. The number of aromatic nitrogens is 2. The molecule has 1 aromatic rings. The third-order valence-corrected chi connectivity index (χ3v) is 3.64. The number of nitrogens with two attached hydrogens (primary N) is 1. The summed E-state index contributed by atoms with van der Waals surface area (Å²) < 4.78 is 7.42. The first-order valence-corrected chi connectivity index (χ1v) is 8.27. The number of allylic oxidation sites excluding steroid dienone is 2. The second-order valence-corrected chi connectivity index (χ2v) is 5.67. The molecule has 0 amide bonds. The van der Waals surface area contributed by atoms with Crippen LogP contribution in [0.2, 0.25) is 0 Å². The summed E-state index contributed by atoms with van der Waals surface area (Å²) >= 11 is 0. The van der Waals surface area contributed by atoms with E-state index in [-0.39, 0.29) is 50.6 Å². The van der Waals surface area contributed by atoms with Crippen LogP contribution < -0.4 is 16.5 Å². The molecule has 1 aromatic heterocycles. The fourth-order valence-electron chi connectivity index (χ4n) is 2.24. The number of anilines is 1. The quantitative estimate of drug-likeness (QED) is 0.0564. The second kappa shape index (κ2) is 12.0. The molecule has 14 heteroatoms. The molecule has 0 bridgehead atoms. The van der Waals surface area contributed by atoms with Crippen LogP contribution in [-0.2, 0) is 16.1 Å². The van der Waals surface area contributed by atoms with Crippen LogP contribution >= 0.6 is 0 Å². The summed E-state index contributed by atoms with van der Waals surface area (Å²) in [6.07, 6.45) is 7.96. The third kappa shape index (κ3) is 7.86. The Bertz CT molecular complexity index is 768. The molecule has 13 nitrogen and oxygen atoms in total. The molecule has 2 heterocycles. The van der Waals surface area contributed by atoms with E-state index in [0.717, 1.165) is 11.9 Å². The van der Waals surface area contributed by atoms with Crippen LogP contribution in [0, 0.1) is 58.7 Å². The Morgan fingerprint density at radius 2 is 2.34 bits per heavy atom. The minimum Gasteiger partial charge on any atom is -0.576 e. The van der Waals surface area contributed by atoms with E-state index >= 15 is 0 Å². The van der Waals surface area contributed by atoms with Gasteiger partial charge in [0, 0.05) is 19.9 Å². The molecule has 4 N–H and O–H groups in total. The van der Waals surface area contributed by atoms with Crippen LogP contribution in [0.25, 0.3) is 0 Å². The summed E-state index contributed by atoms with van der Waals surface area (Å²) in [5.41, 5.74) is 8.82. The fraction of sp³-hybridized carbons (Fsp3) is 0.467. The van der Waals surface area contributed by atoms with E-state index in [4.69, 9.17) is 15.3 Å². The maximum atomic E-state index is 12.4. The number of nitro groups is 1. The number of nitrogens with one attached hydrogen (secondary N) is 2. The van der Waals surface area contributed by atoms with Gasteiger partial charge in [0.1, 0.15) is 24.0 Å². The van der Waals surface area contributed by atoms with E-state index in [1.54, 1.807) is 13.3 Å². The molecule has 1 aliphatic rings. The standard InChI is InChI=1S/C15H22N8O5.U/c1-12(8-21-10-20-13-14(16)18-9-19-15(13)21)27-11-23(26,17-2)28-7-5-3-4-6-22(24)25;/h3-4,10,12,17,19H,7-9,11H2,1-2H3,(H2,16,18);/q-2;+2/t12-,23?;/m0./s1. The summed E-state index contributed by atoms with van der Waals surface area (Å²) in [7, 11) is 1.42. The van der Waals surface area contributed by atoms with Crippen molar-refractivity contribution in [1.82, 2.24) is 15.0 Å². The monoisotopic (exact) mass is 632 g/mol. The average Bonchev–Trinajstić information content (AvgIpc) is 3.07. The van der Waals surface area contributed by atoms with Gasteiger partial charge in [-0.1, -0.05) is 4.92 Å². The number of amidine groups is 1. The van der Waals surface area contributed by atoms with E-state index in [2.05, 4.69) is 26.8 Å². The number of hydrogen-bond acceptors (Lipinski definition) is 10. The van der Waals surface area contributed by atoms with Gasteiger partial charge in [0.2, 0.25) is 6.73 Å². The Morgan fingerprint density at radius 3 is 3.03 bits per heavy atom. The zero-order chi connectivity index (χ0) is 20.6. The van der Waals surface area contributed by atoms with E-state index in [1.165, 1.54) is 13.1 Å².